The Balaban J connectivity index is 1.73. The van der Waals surface area contributed by atoms with Crippen molar-refractivity contribution in [2.75, 3.05) is 0 Å². The van der Waals surface area contributed by atoms with Crippen molar-refractivity contribution >= 4 is 27.3 Å². The summed E-state index contributed by atoms with van der Waals surface area (Å²) in [5.41, 5.74) is 4.03. The lowest BCUT2D eigenvalue weighted by atomic mass is 9.94. The van der Waals surface area contributed by atoms with Crippen molar-refractivity contribution in [3.8, 4) is 0 Å². The molecule has 0 saturated carbocycles. The van der Waals surface area contributed by atoms with E-state index in [1.165, 1.54) is 39.9 Å². The van der Waals surface area contributed by atoms with E-state index >= 15 is 0 Å². The molecule has 102 valence electrons. The van der Waals surface area contributed by atoms with Gasteiger partial charge in [0.2, 0.25) is 0 Å². The molecule has 0 fully saturated rings. The van der Waals surface area contributed by atoms with Crippen LogP contribution in [-0.4, -0.2) is 9.78 Å². The van der Waals surface area contributed by atoms with Gasteiger partial charge in [-0.1, -0.05) is 0 Å². The lowest BCUT2D eigenvalue weighted by Gasteiger charge is -2.23. The summed E-state index contributed by atoms with van der Waals surface area (Å²) in [5, 5.41) is 7.99. The second kappa shape index (κ2) is 5.38. The monoisotopic (exact) mass is 339 g/mol. The highest BCUT2D eigenvalue weighted by molar-refractivity contribution is 9.11. The number of hydrogen-bond acceptors (Lipinski definition) is 3. The molecule has 2 aromatic heterocycles. The van der Waals surface area contributed by atoms with Gasteiger partial charge in [-0.15, -0.1) is 11.3 Å². The standard InChI is InChI=1S/C14H18BrN3S/c1-9-10(8-17-18(9)2)7-16-12-4-3-5-13-11(12)6-14(15)19-13/h6,8,12,16H,3-5,7H2,1-2H3. The van der Waals surface area contributed by atoms with Crippen molar-refractivity contribution < 1.29 is 0 Å². The summed E-state index contributed by atoms with van der Waals surface area (Å²) in [6.45, 7) is 3.02. The van der Waals surface area contributed by atoms with Gasteiger partial charge in [0.15, 0.2) is 0 Å². The zero-order valence-corrected chi connectivity index (χ0v) is 13.6. The van der Waals surface area contributed by atoms with Crippen LogP contribution in [0.5, 0.6) is 0 Å². The van der Waals surface area contributed by atoms with E-state index in [-0.39, 0.29) is 0 Å². The first-order valence-electron chi connectivity index (χ1n) is 6.64. The second-order valence-corrected chi connectivity index (χ2v) is 7.65. The van der Waals surface area contributed by atoms with Crippen molar-refractivity contribution in [2.45, 2.75) is 38.8 Å². The van der Waals surface area contributed by atoms with Crippen molar-refractivity contribution in [2.24, 2.45) is 7.05 Å². The first kappa shape index (κ1) is 13.3. The van der Waals surface area contributed by atoms with E-state index in [0.717, 1.165) is 6.54 Å². The Kier molecular flexibility index (Phi) is 3.78. The van der Waals surface area contributed by atoms with Crippen LogP contribution in [0, 0.1) is 6.92 Å². The average Bonchev–Trinajstić information content (AvgIpc) is 2.91. The first-order valence-corrected chi connectivity index (χ1v) is 8.25. The molecule has 0 bridgehead atoms. The van der Waals surface area contributed by atoms with Crippen molar-refractivity contribution in [3.63, 3.8) is 0 Å². The highest BCUT2D eigenvalue weighted by Crippen LogP contribution is 2.38. The fourth-order valence-electron chi connectivity index (χ4n) is 2.68. The number of fused-ring (bicyclic) bond motifs is 1. The van der Waals surface area contributed by atoms with Gasteiger partial charge in [-0.25, -0.2) is 0 Å². The Labute approximate surface area is 126 Å². The minimum absolute atomic E-state index is 0.492. The van der Waals surface area contributed by atoms with Crippen LogP contribution < -0.4 is 5.32 Å². The van der Waals surface area contributed by atoms with Crippen molar-refractivity contribution in [1.82, 2.24) is 15.1 Å². The van der Waals surface area contributed by atoms with Crippen LogP contribution in [0.3, 0.4) is 0 Å². The van der Waals surface area contributed by atoms with Crippen LogP contribution in [0.25, 0.3) is 0 Å². The number of aryl methyl sites for hydroxylation is 2. The third-order valence-electron chi connectivity index (χ3n) is 3.96. The molecule has 2 heterocycles. The molecular formula is C14H18BrN3S. The zero-order chi connectivity index (χ0) is 13.4. The highest BCUT2D eigenvalue weighted by Gasteiger charge is 2.22. The maximum Gasteiger partial charge on any atom is 0.0704 e. The molecule has 1 unspecified atom stereocenters. The van der Waals surface area contributed by atoms with Gasteiger partial charge in [0.05, 0.1) is 9.98 Å². The lowest BCUT2D eigenvalue weighted by molar-refractivity contribution is 0.462. The smallest absolute Gasteiger partial charge is 0.0704 e. The van der Waals surface area contributed by atoms with Crippen LogP contribution in [0.15, 0.2) is 16.0 Å². The molecule has 1 aliphatic rings. The molecule has 3 nitrogen and oxygen atoms in total. The van der Waals surface area contributed by atoms with Crippen LogP contribution in [-0.2, 0) is 20.0 Å². The van der Waals surface area contributed by atoms with Crippen molar-refractivity contribution in [1.29, 1.82) is 0 Å². The number of hydrogen-bond donors (Lipinski definition) is 1. The molecule has 0 aliphatic heterocycles. The van der Waals surface area contributed by atoms with E-state index in [1.54, 1.807) is 4.88 Å². The quantitative estimate of drug-likeness (QED) is 0.923. The largest absolute Gasteiger partial charge is 0.306 e. The van der Waals surface area contributed by atoms with Gasteiger partial charge in [-0.05, 0) is 53.7 Å². The summed E-state index contributed by atoms with van der Waals surface area (Å²) in [6, 6.07) is 2.78. The van der Waals surface area contributed by atoms with Gasteiger partial charge in [0.1, 0.15) is 0 Å². The topological polar surface area (TPSA) is 29.9 Å². The molecule has 1 N–H and O–H groups in total. The minimum Gasteiger partial charge on any atom is -0.306 e. The lowest BCUT2D eigenvalue weighted by Crippen LogP contribution is -2.24. The van der Waals surface area contributed by atoms with Crippen LogP contribution in [0.1, 0.15) is 40.6 Å². The summed E-state index contributed by atoms with van der Waals surface area (Å²) < 4.78 is 3.19. The van der Waals surface area contributed by atoms with E-state index in [1.807, 2.05) is 29.3 Å². The molecule has 0 saturated heterocycles. The van der Waals surface area contributed by atoms with Crippen LogP contribution in [0.2, 0.25) is 0 Å². The molecule has 0 aromatic carbocycles. The van der Waals surface area contributed by atoms with Gasteiger partial charge >= 0.3 is 0 Å². The van der Waals surface area contributed by atoms with Crippen molar-refractivity contribution in [3.05, 3.63) is 37.7 Å². The molecule has 0 spiro atoms. The Bertz CT molecular complexity index is 588. The molecule has 1 atom stereocenters. The maximum absolute atomic E-state index is 4.30. The normalized spacial score (nSPS) is 18.6. The molecule has 19 heavy (non-hydrogen) atoms. The third kappa shape index (κ3) is 2.64. The number of thiophene rings is 1. The van der Waals surface area contributed by atoms with Gasteiger partial charge in [-0.3, -0.25) is 4.68 Å². The van der Waals surface area contributed by atoms with Gasteiger partial charge < -0.3 is 5.32 Å². The molecule has 0 amide bonds. The van der Waals surface area contributed by atoms with Crippen LogP contribution >= 0.6 is 27.3 Å². The number of aromatic nitrogens is 2. The van der Waals surface area contributed by atoms with E-state index < -0.39 is 0 Å². The van der Waals surface area contributed by atoms with E-state index in [4.69, 9.17) is 0 Å². The average molecular weight is 340 g/mol. The Morgan fingerprint density at radius 1 is 1.58 bits per heavy atom. The molecule has 0 radical (unpaired) electrons. The highest BCUT2D eigenvalue weighted by atomic mass is 79.9. The maximum atomic E-state index is 4.30. The molecule has 1 aliphatic carbocycles. The summed E-state index contributed by atoms with van der Waals surface area (Å²) >= 11 is 5.49. The molecule has 5 heteroatoms. The number of nitrogens with zero attached hydrogens (tertiary/aromatic N) is 2. The number of rotatable bonds is 3. The van der Waals surface area contributed by atoms with E-state index in [9.17, 15) is 0 Å². The van der Waals surface area contributed by atoms with Crippen LogP contribution in [0.4, 0.5) is 0 Å². The number of nitrogens with one attached hydrogen (secondary N) is 1. The predicted octanol–water partition coefficient (Wildman–Crippen LogP) is 3.72. The van der Waals surface area contributed by atoms with E-state index in [0.29, 0.717) is 6.04 Å². The fraction of sp³-hybridized carbons (Fsp3) is 0.500. The summed E-state index contributed by atoms with van der Waals surface area (Å²) in [6.07, 6.45) is 5.71. The van der Waals surface area contributed by atoms with Gasteiger partial charge in [0.25, 0.3) is 0 Å². The van der Waals surface area contributed by atoms with Gasteiger partial charge in [0, 0.05) is 35.8 Å². The summed E-state index contributed by atoms with van der Waals surface area (Å²) in [4.78, 5) is 1.54. The summed E-state index contributed by atoms with van der Waals surface area (Å²) in [5.74, 6) is 0. The zero-order valence-electron chi connectivity index (χ0n) is 11.2. The predicted molar refractivity (Wildman–Crippen MR) is 82.5 cm³/mol. The Morgan fingerprint density at radius 3 is 3.16 bits per heavy atom. The third-order valence-corrected chi connectivity index (χ3v) is 5.67. The number of halogens is 1. The minimum atomic E-state index is 0.492. The van der Waals surface area contributed by atoms with E-state index in [2.05, 4.69) is 39.3 Å². The SMILES string of the molecule is Cc1c(CNC2CCCc3sc(Br)cc32)cnn1C. The summed E-state index contributed by atoms with van der Waals surface area (Å²) in [7, 11) is 1.99. The van der Waals surface area contributed by atoms with Gasteiger partial charge in [-0.2, -0.15) is 5.10 Å². The second-order valence-electron chi connectivity index (χ2n) is 5.13. The Morgan fingerprint density at radius 2 is 2.42 bits per heavy atom. The molecule has 3 rings (SSSR count). The Hall–Kier alpha value is -0.650. The molecule has 2 aromatic rings. The molecular weight excluding hydrogens is 322 g/mol. The fourth-order valence-corrected chi connectivity index (χ4v) is 4.50. The first-order chi connectivity index (χ1) is 9.15.